The maximum Gasteiger partial charge on any atom is 0.280 e. The molecule has 10 heteroatoms. The lowest BCUT2D eigenvalue weighted by Gasteiger charge is -2.17. The summed E-state index contributed by atoms with van der Waals surface area (Å²) in [4.78, 5) is 28.9. The van der Waals surface area contributed by atoms with E-state index >= 15 is 0 Å². The largest absolute Gasteiger partial charge is 0.360 e. The average molecular weight is 503 g/mol. The van der Waals surface area contributed by atoms with E-state index in [1.54, 1.807) is 14.0 Å². The van der Waals surface area contributed by atoms with Gasteiger partial charge < -0.3 is 15.7 Å². The van der Waals surface area contributed by atoms with Crippen molar-refractivity contribution in [1.29, 1.82) is 0 Å². The maximum atomic E-state index is 13.6. The maximum absolute atomic E-state index is 13.6. The molecule has 2 aliphatic rings. The number of carbonyl (C=O) groups excluding carboxylic acids is 1. The summed E-state index contributed by atoms with van der Waals surface area (Å²) in [6.07, 6.45) is 7.84. The molecule has 1 aliphatic carbocycles. The highest BCUT2D eigenvalue weighted by atomic mass is 19.2. The fourth-order valence-electron chi connectivity index (χ4n) is 4.46. The molecule has 0 radical (unpaired) electrons. The molecule has 0 saturated carbocycles. The summed E-state index contributed by atoms with van der Waals surface area (Å²) in [5, 5.41) is 7.11. The van der Waals surface area contributed by atoms with Crippen molar-refractivity contribution in [1.82, 2.24) is 25.1 Å². The third kappa shape index (κ3) is 4.63. The van der Waals surface area contributed by atoms with Crippen LogP contribution in [0.1, 0.15) is 27.3 Å². The molecule has 2 aromatic heterocycles. The van der Waals surface area contributed by atoms with E-state index in [1.807, 2.05) is 30.5 Å². The van der Waals surface area contributed by atoms with Crippen LogP contribution in [0.15, 0.2) is 70.2 Å². The van der Waals surface area contributed by atoms with Gasteiger partial charge in [-0.3, -0.25) is 14.3 Å². The lowest BCUT2D eigenvalue weighted by molar-refractivity contribution is 0.0956. The summed E-state index contributed by atoms with van der Waals surface area (Å²) in [5.74, 6) is 3.55. The number of carbonyl (C=O) groups is 1. The first-order chi connectivity index (χ1) is 17.8. The molecular weight excluding hydrogens is 478 g/mol. The molecule has 8 nitrogen and oxygen atoms in total. The monoisotopic (exact) mass is 502 g/mol. The summed E-state index contributed by atoms with van der Waals surface area (Å²) in [6.45, 7) is 1.69. The van der Waals surface area contributed by atoms with Crippen LogP contribution in [0.25, 0.3) is 0 Å². The van der Waals surface area contributed by atoms with Crippen LogP contribution in [0.5, 0.6) is 0 Å². The molecule has 1 aliphatic heterocycles. The molecule has 0 spiro atoms. The van der Waals surface area contributed by atoms with Gasteiger partial charge in [0.25, 0.3) is 11.5 Å². The van der Waals surface area contributed by atoms with E-state index in [9.17, 15) is 18.4 Å². The van der Waals surface area contributed by atoms with Crippen molar-refractivity contribution in [2.45, 2.75) is 19.5 Å². The number of nitrogens with one attached hydrogen (secondary N) is 3. The van der Waals surface area contributed by atoms with Gasteiger partial charge in [-0.1, -0.05) is 30.1 Å². The number of fused-ring (bicyclic) bond motifs is 1. The number of H-pyrrole nitrogens is 1. The number of nitrogens with zero attached hydrogens (tertiary/aromatic N) is 3. The molecule has 2 unspecified atom stereocenters. The van der Waals surface area contributed by atoms with Gasteiger partial charge in [0.1, 0.15) is 5.56 Å². The molecule has 37 heavy (non-hydrogen) atoms. The molecule has 188 valence electrons. The quantitative estimate of drug-likeness (QED) is 0.468. The van der Waals surface area contributed by atoms with E-state index in [4.69, 9.17) is 0 Å². The van der Waals surface area contributed by atoms with Crippen molar-refractivity contribution in [2.24, 2.45) is 18.1 Å². The Labute approximate surface area is 211 Å². The highest BCUT2D eigenvalue weighted by Gasteiger charge is 2.31. The van der Waals surface area contributed by atoms with Crippen LogP contribution in [0.3, 0.4) is 0 Å². The fraction of sp³-hybridized carbons (Fsp3) is 0.222. The van der Waals surface area contributed by atoms with Crippen molar-refractivity contribution < 1.29 is 13.6 Å². The first-order valence-electron chi connectivity index (χ1n) is 11.7. The van der Waals surface area contributed by atoms with Crippen molar-refractivity contribution in [3.63, 3.8) is 0 Å². The topological polar surface area (TPSA) is 96.2 Å². The van der Waals surface area contributed by atoms with Crippen LogP contribution < -0.4 is 16.3 Å². The molecule has 3 heterocycles. The lowest BCUT2D eigenvalue weighted by Crippen LogP contribution is -2.31. The van der Waals surface area contributed by atoms with E-state index in [0.29, 0.717) is 11.3 Å². The normalized spacial score (nSPS) is 17.8. The van der Waals surface area contributed by atoms with Crippen LogP contribution in [0.4, 0.5) is 8.78 Å². The van der Waals surface area contributed by atoms with E-state index in [0.717, 1.165) is 29.1 Å². The number of allylic oxidation sites excluding steroid dienone is 2. The van der Waals surface area contributed by atoms with Crippen LogP contribution in [0, 0.1) is 36.3 Å². The van der Waals surface area contributed by atoms with Gasteiger partial charge in [0.2, 0.25) is 0 Å². The second kappa shape index (κ2) is 9.78. The Morgan fingerprint density at radius 3 is 2.84 bits per heavy atom. The summed E-state index contributed by atoms with van der Waals surface area (Å²) >= 11 is 0. The van der Waals surface area contributed by atoms with Gasteiger partial charge in [0.05, 0.1) is 30.5 Å². The minimum Gasteiger partial charge on any atom is -0.360 e. The number of rotatable bonds is 5. The summed E-state index contributed by atoms with van der Waals surface area (Å²) in [7, 11) is 1.63. The average Bonchev–Trinajstić information content (AvgIpc) is 3.60. The van der Waals surface area contributed by atoms with Gasteiger partial charge in [-0.25, -0.2) is 13.5 Å². The van der Waals surface area contributed by atoms with Crippen LogP contribution in [-0.4, -0.2) is 38.6 Å². The molecular formula is C27H24F2N6O2. The predicted molar refractivity (Wildman–Crippen MR) is 135 cm³/mol. The minimum atomic E-state index is -0.997. The van der Waals surface area contributed by atoms with Crippen molar-refractivity contribution in [3.8, 4) is 11.8 Å². The fourth-order valence-corrected chi connectivity index (χ4v) is 4.46. The van der Waals surface area contributed by atoms with Gasteiger partial charge >= 0.3 is 0 Å². The number of aromatic nitrogens is 3. The lowest BCUT2D eigenvalue weighted by atomic mass is 9.88. The Kier molecular flexibility index (Phi) is 6.36. The molecule has 1 amide bonds. The Balaban J connectivity index is 1.22. The number of halogens is 2. The third-order valence-corrected chi connectivity index (χ3v) is 6.52. The van der Waals surface area contributed by atoms with Crippen LogP contribution >= 0.6 is 0 Å². The number of hydrogen-bond donors (Lipinski definition) is 3. The van der Waals surface area contributed by atoms with Crippen LogP contribution in [0.2, 0.25) is 0 Å². The van der Waals surface area contributed by atoms with E-state index < -0.39 is 23.1 Å². The van der Waals surface area contributed by atoms with Gasteiger partial charge in [-0.2, -0.15) is 5.10 Å². The Hall–Kier alpha value is -4.65. The Morgan fingerprint density at radius 2 is 2.08 bits per heavy atom. The second-order valence-electron chi connectivity index (χ2n) is 8.82. The predicted octanol–water partition coefficient (Wildman–Crippen LogP) is 2.37. The molecule has 3 N–H and O–H groups in total. The van der Waals surface area contributed by atoms with E-state index in [2.05, 4.69) is 38.7 Å². The first kappa shape index (κ1) is 24.1. The second-order valence-corrected chi connectivity index (χ2v) is 8.82. The number of hydrogen-bond acceptors (Lipinski definition) is 4. The SMILES string of the molecule is Cc1c(C(=O)NCC#CC2=CC3NN=C(c4ccc[nH]4)C3C=C2)c(=O)n(Cc2ccc(F)c(F)c2)n1C. The van der Waals surface area contributed by atoms with Crippen molar-refractivity contribution in [2.75, 3.05) is 6.54 Å². The first-order valence-corrected chi connectivity index (χ1v) is 11.7. The van der Waals surface area contributed by atoms with Crippen molar-refractivity contribution in [3.05, 3.63) is 105 Å². The standard InChI is InChI=1S/C27H24F2N6O2/c1-16-24(27(37)35(34(16)2)15-18-8-10-20(28)21(29)13-18)26(36)31-12-3-5-17-7-9-19-23(14-17)32-33-25(19)22-6-4-11-30-22/h4,6-11,13-14,19,23,30,32H,12,15H2,1-2H3,(H,31,36). The van der Waals surface area contributed by atoms with Gasteiger partial charge in [-0.05, 0) is 42.8 Å². The molecule has 0 saturated heterocycles. The molecule has 1 aromatic carbocycles. The molecule has 0 bridgehead atoms. The van der Waals surface area contributed by atoms with Crippen molar-refractivity contribution >= 4 is 11.6 Å². The van der Waals surface area contributed by atoms with Crippen LogP contribution in [-0.2, 0) is 13.6 Å². The summed E-state index contributed by atoms with van der Waals surface area (Å²) in [6, 6.07) is 7.34. The number of amides is 1. The number of hydrazone groups is 1. The van der Waals surface area contributed by atoms with Gasteiger partial charge in [0, 0.05) is 30.4 Å². The number of aromatic amines is 1. The molecule has 2 atom stereocenters. The highest BCUT2D eigenvalue weighted by molar-refractivity contribution is 6.03. The highest BCUT2D eigenvalue weighted by Crippen LogP contribution is 2.25. The third-order valence-electron chi connectivity index (χ3n) is 6.52. The summed E-state index contributed by atoms with van der Waals surface area (Å²) < 4.78 is 29.6. The smallest absolute Gasteiger partial charge is 0.280 e. The molecule has 0 fully saturated rings. The zero-order chi connectivity index (χ0) is 26.1. The van der Waals surface area contributed by atoms with E-state index in [1.165, 1.54) is 15.4 Å². The number of benzene rings is 1. The molecule has 3 aromatic rings. The van der Waals surface area contributed by atoms with E-state index in [-0.39, 0.29) is 30.6 Å². The van der Waals surface area contributed by atoms with Gasteiger partial charge in [-0.15, -0.1) is 0 Å². The molecule has 5 rings (SSSR count). The Morgan fingerprint density at radius 1 is 1.24 bits per heavy atom. The zero-order valence-electron chi connectivity index (χ0n) is 20.2. The summed E-state index contributed by atoms with van der Waals surface area (Å²) in [5.41, 5.74) is 6.14. The zero-order valence-corrected chi connectivity index (χ0v) is 20.2. The Bertz CT molecular complexity index is 1580. The minimum absolute atomic E-state index is 0.00205. The van der Waals surface area contributed by atoms with Gasteiger partial charge in [0.15, 0.2) is 11.6 Å².